The number of piperidine rings is 1. The van der Waals surface area contributed by atoms with Gasteiger partial charge in [-0.05, 0) is 42.0 Å². The molecule has 3 aromatic heterocycles. The van der Waals surface area contributed by atoms with Crippen molar-refractivity contribution in [3.63, 3.8) is 0 Å². The molecule has 0 aliphatic carbocycles. The van der Waals surface area contributed by atoms with Crippen LogP contribution in [-0.4, -0.2) is 52.9 Å². The molecular formula is C27H24FN5O3S. The first-order chi connectivity index (χ1) is 17.8. The number of rotatable bonds is 4. The number of amides is 1. The lowest BCUT2D eigenvalue weighted by Crippen LogP contribution is -2.49. The summed E-state index contributed by atoms with van der Waals surface area (Å²) < 4.78 is 39.3. The zero-order valence-corrected chi connectivity index (χ0v) is 20.9. The molecule has 0 N–H and O–H groups in total. The molecule has 2 aliphatic heterocycles. The molecule has 2 aliphatic rings. The molecule has 1 amide bonds. The van der Waals surface area contributed by atoms with Crippen molar-refractivity contribution in [2.24, 2.45) is 0 Å². The summed E-state index contributed by atoms with van der Waals surface area (Å²) in [7, 11) is -3.34. The van der Waals surface area contributed by atoms with Crippen molar-refractivity contribution in [3.8, 4) is 11.1 Å². The lowest BCUT2D eigenvalue weighted by molar-refractivity contribution is -0.124. The smallest absolute Gasteiger partial charge is 0.238 e. The van der Waals surface area contributed by atoms with E-state index in [0.717, 1.165) is 21.9 Å². The first-order valence-corrected chi connectivity index (χ1v) is 13.8. The summed E-state index contributed by atoms with van der Waals surface area (Å²) in [4.78, 5) is 28.7. The number of hydrogen-bond donors (Lipinski definition) is 0. The van der Waals surface area contributed by atoms with E-state index in [-0.39, 0.29) is 25.5 Å². The predicted molar refractivity (Wildman–Crippen MR) is 138 cm³/mol. The minimum atomic E-state index is -3.34. The number of halogens is 1. The fraction of sp³-hybridized carbons (Fsp3) is 0.259. The number of aromatic nitrogens is 3. The van der Waals surface area contributed by atoms with Crippen molar-refractivity contribution in [1.29, 1.82) is 0 Å². The van der Waals surface area contributed by atoms with Crippen LogP contribution in [0.15, 0.2) is 67.3 Å². The molecule has 10 heteroatoms. The van der Waals surface area contributed by atoms with E-state index in [1.807, 2.05) is 30.3 Å². The van der Waals surface area contributed by atoms with E-state index in [9.17, 15) is 17.6 Å². The first-order valence-electron chi connectivity index (χ1n) is 12.0. The zero-order valence-electron chi connectivity index (χ0n) is 20.1. The Labute approximate surface area is 213 Å². The second-order valence-electron chi connectivity index (χ2n) is 9.57. The average Bonchev–Trinajstić information content (AvgIpc) is 3.12. The number of sulfonamides is 1. The number of nitrogens with zero attached hydrogens (tertiary/aromatic N) is 5. The van der Waals surface area contributed by atoms with Crippen LogP contribution in [0.1, 0.15) is 24.1 Å². The Bertz CT molecular complexity index is 1630. The first kappa shape index (κ1) is 23.6. The van der Waals surface area contributed by atoms with Gasteiger partial charge in [-0.15, -0.1) is 0 Å². The van der Waals surface area contributed by atoms with E-state index in [1.54, 1.807) is 29.6 Å². The molecule has 4 aromatic rings. The van der Waals surface area contributed by atoms with Crippen LogP contribution in [0, 0.1) is 5.95 Å². The number of pyridine rings is 3. The Kier molecular flexibility index (Phi) is 5.54. The fourth-order valence-electron chi connectivity index (χ4n) is 5.65. The van der Waals surface area contributed by atoms with Crippen LogP contribution in [0.4, 0.5) is 10.1 Å². The van der Waals surface area contributed by atoms with Gasteiger partial charge in [0.2, 0.25) is 21.9 Å². The zero-order chi connectivity index (χ0) is 25.8. The predicted octanol–water partition coefficient (Wildman–Crippen LogP) is 3.67. The Hall–Kier alpha value is -3.76. The lowest BCUT2D eigenvalue weighted by Gasteiger charge is -2.37. The van der Waals surface area contributed by atoms with Crippen molar-refractivity contribution in [1.82, 2.24) is 19.3 Å². The van der Waals surface area contributed by atoms with Gasteiger partial charge in [0.05, 0.1) is 35.8 Å². The minimum Gasteiger partial charge on any atom is -0.304 e. The highest BCUT2D eigenvalue weighted by Crippen LogP contribution is 2.48. The number of fused-ring (bicyclic) bond motifs is 3. The number of benzene rings is 1. The molecular weight excluding hydrogens is 493 g/mol. The maximum atomic E-state index is 14.1. The van der Waals surface area contributed by atoms with Gasteiger partial charge in [0.25, 0.3) is 0 Å². The Balaban J connectivity index is 1.43. The number of carbonyl (C=O) groups is 1. The average molecular weight is 518 g/mol. The lowest BCUT2D eigenvalue weighted by atomic mass is 9.74. The third-order valence-corrected chi connectivity index (χ3v) is 8.81. The summed E-state index contributed by atoms with van der Waals surface area (Å²) in [5.74, 6) is -0.655. The van der Waals surface area contributed by atoms with Crippen LogP contribution in [-0.2, 0) is 26.8 Å². The summed E-state index contributed by atoms with van der Waals surface area (Å²) in [5, 5.41) is 1.85. The second kappa shape index (κ2) is 8.67. The minimum absolute atomic E-state index is 0.0817. The van der Waals surface area contributed by atoms with Crippen LogP contribution in [0.25, 0.3) is 21.9 Å². The highest BCUT2D eigenvalue weighted by atomic mass is 32.2. The summed E-state index contributed by atoms with van der Waals surface area (Å²) in [6.45, 7) is 0.744. The van der Waals surface area contributed by atoms with Gasteiger partial charge in [0.1, 0.15) is 0 Å². The highest BCUT2D eigenvalue weighted by Gasteiger charge is 2.53. The molecule has 0 saturated carbocycles. The van der Waals surface area contributed by atoms with E-state index in [0.29, 0.717) is 29.8 Å². The van der Waals surface area contributed by atoms with Crippen LogP contribution in [0.2, 0.25) is 0 Å². The third-order valence-electron chi connectivity index (χ3n) is 7.51. The molecule has 0 atom stereocenters. The fourth-order valence-corrected chi connectivity index (χ4v) is 6.49. The normalized spacial score (nSPS) is 17.5. The highest BCUT2D eigenvalue weighted by molar-refractivity contribution is 7.88. The maximum absolute atomic E-state index is 14.1. The van der Waals surface area contributed by atoms with Crippen LogP contribution in [0.3, 0.4) is 0 Å². The topological polar surface area (TPSA) is 96.4 Å². The van der Waals surface area contributed by atoms with Gasteiger partial charge in [0, 0.05) is 48.2 Å². The summed E-state index contributed by atoms with van der Waals surface area (Å²) in [5.41, 5.74) is 2.91. The van der Waals surface area contributed by atoms with Crippen molar-refractivity contribution < 1.29 is 17.6 Å². The van der Waals surface area contributed by atoms with Crippen molar-refractivity contribution >= 4 is 32.4 Å². The van der Waals surface area contributed by atoms with Crippen molar-refractivity contribution in [3.05, 3.63) is 84.5 Å². The van der Waals surface area contributed by atoms with E-state index < -0.39 is 21.4 Å². The number of anilines is 1. The summed E-state index contributed by atoms with van der Waals surface area (Å²) in [6.07, 6.45) is 8.60. The molecule has 188 valence electrons. The molecule has 6 rings (SSSR count). The van der Waals surface area contributed by atoms with Crippen molar-refractivity contribution in [2.75, 3.05) is 24.2 Å². The second-order valence-corrected chi connectivity index (χ2v) is 11.5. The van der Waals surface area contributed by atoms with Gasteiger partial charge in [-0.3, -0.25) is 14.8 Å². The molecule has 1 fully saturated rings. The van der Waals surface area contributed by atoms with Crippen LogP contribution < -0.4 is 4.90 Å². The standard InChI is InChI=1S/C27H24FN5O3S/c1-37(35,36)32-12-9-27(10-13-32)21-8-11-29-16-23(21)33(26(27)34)17-22-25(19-6-7-24(28)31-15-19)20-5-3-2-4-18(20)14-30-22/h2-8,11,14-16H,9-10,12-13,17H2,1H3. The molecule has 5 heterocycles. The van der Waals surface area contributed by atoms with Crippen molar-refractivity contribution in [2.45, 2.75) is 24.8 Å². The van der Waals surface area contributed by atoms with Crippen LogP contribution in [0.5, 0.6) is 0 Å². The summed E-state index contributed by atoms with van der Waals surface area (Å²) in [6, 6.07) is 12.6. The van der Waals surface area contributed by atoms with E-state index in [2.05, 4.69) is 9.97 Å². The Morgan fingerprint density at radius 2 is 1.78 bits per heavy atom. The number of carbonyl (C=O) groups excluding carboxylic acids is 1. The maximum Gasteiger partial charge on any atom is 0.238 e. The van der Waals surface area contributed by atoms with E-state index >= 15 is 0 Å². The van der Waals surface area contributed by atoms with Gasteiger partial charge in [-0.25, -0.2) is 17.7 Å². The molecule has 1 aromatic carbocycles. The van der Waals surface area contributed by atoms with E-state index in [1.165, 1.54) is 22.8 Å². The monoisotopic (exact) mass is 517 g/mol. The van der Waals surface area contributed by atoms with Crippen LogP contribution >= 0.6 is 0 Å². The molecule has 0 radical (unpaired) electrons. The van der Waals surface area contributed by atoms with Gasteiger partial charge in [0.15, 0.2) is 0 Å². The largest absolute Gasteiger partial charge is 0.304 e. The summed E-state index contributed by atoms with van der Waals surface area (Å²) >= 11 is 0. The quantitative estimate of drug-likeness (QED) is 0.383. The molecule has 0 bridgehead atoms. The molecule has 0 unspecified atom stereocenters. The van der Waals surface area contributed by atoms with Gasteiger partial charge >= 0.3 is 0 Å². The van der Waals surface area contributed by atoms with Gasteiger partial charge in [-0.1, -0.05) is 24.3 Å². The molecule has 1 spiro atoms. The van der Waals surface area contributed by atoms with Gasteiger partial charge < -0.3 is 4.90 Å². The molecule has 8 nitrogen and oxygen atoms in total. The number of hydrogen-bond acceptors (Lipinski definition) is 6. The van der Waals surface area contributed by atoms with Gasteiger partial charge in [-0.2, -0.15) is 4.39 Å². The molecule has 1 saturated heterocycles. The van der Waals surface area contributed by atoms with E-state index in [4.69, 9.17) is 4.98 Å². The third kappa shape index (κ3) is 3.87. The Morgan fingerprint density at radius 1 is 1.00 bits per heavy atom. The SMILES string of the molecule is CS(=O)(=O)N1CCC2(CC1)C(=O)N(Cc1ncc3ccccc3c1-c1ccc(F)nc1)c1cnccc12. The molecule has 37 heavy (non-hydrogen) atoms. The Morgan fingerprint density at radius 3 is 2.51 bits per heavy atom.